The largest absolute Gasteiger partial charge is 0.385 e. The predicted molar refractivity (Wildman–Crippen MR) is 91.4 cm³/mol. The van der Waals surface area contributed by atoms with Gasteiger partial charge in [-0.1, -0.05) is 27.6 Å². The number of hydrogen-bond donors (Lipinski definition) is 2. The lowest BCUT2D eigenvalue weighted by Gasteiger charge is -2.13. The summed E-state index contributed by atoms with van der Waals surface area (Å²) in [6, 6.07) is 7.97. The van der Waals surface area contributed by atoms with Crippen molar-refractivity contribution in [1.82, 2.24) is 5.32 Å². The maximum atomic E-state index is 11.8. The Bertz CT molecular complexity index is 482. The van der Waals surface area contributed by atoms with Gasteiger partial charge in [0.2, 0.25) is 5.91 Å². The maximum Gasteiger partial charge on any atom is 0.221 e. The van der Waals surface area contributed by atoms with E-state index in [4.69, 9.17) is 0 Å². The number of benzene rings is 1. The molecule has 1 amide bonds. The van der Waals surface area contributed by atoms with Gasteiger partial charge in [-0.25, -0.2) is 0 Å². The number of rotatable bonds is 7. The third kappa shape index (κ3) is 6.34. The van der Waals surface area contributed by atoms with Crippen LogP contribution in [0.1, 0.15) is 38.5 Å². The van der Waals surface area contributed by atoms with E-state index in [0.29, 0.717) is 13.0 Å². The first-order valence-electron chi connectivity index (χ1n) is 7.68. The van der Waals surface area contributed by atoms with Gasteiger partial charge in [-0.2, -0.15) is 0 Å². The summed E-state index contributed by atoms with van der Waals surface area (Å²) in [6.07, 6.45) is 8.89. The van der Waals surface area contributed by atoms with Crippen LogP contribution in [0.25, 0.3) is 0 Å². The standard InChI is InChI=1S/C17H23BrN2O/c18-15-6-8-16(9-7-15)19-13-11-17(21)20-12-10-14-4-2-1-3-5-14/h4,6-9,19H,1-3,5,10-13H2,(H,20,21). The van der Waals surface area contributed by atoms with Crippen LogP contribution in [-0.2, 0) is 4.79 Å². The van der Waals surface area contributed by atoms with Crippen molar-refractivity contribution in [3.05, 3.63) is 40.4 Å². The third-order valence-corrected chi connectivity index (χ3v) is 4.21. The first-order chi connectivity index (χ1) is 10.2. The molecule has 0 saturated carbocycles. The molecule has 0 atom stereocenters. The fraction of sp³-hybridized carbons (Fsp3) is 0.471. The molecule has 0 aliphatic heterocycles. The average Bonchev–Trinajstić information content (AvgIpc) is 2.50. The first kappa shape index (κ1) is 16.1. The summed E-state index contributed by atoms with van der Waals surface area (Å²) < 4.78 is 1.06. The Kier molecular flexibility index (Phi) is 6.80. The molecule has 1 aliphatic rings. The SMILES string of the molecule is O=C(CCNc1ccc(Br)cc1)NCCC1=CCCCC1. The van der Waals surface area contributed by atoms with Crippen LogP contribution >= 0.6 is 15.9 Å². The lowest BCUT2D eigenvalue weighted by molar-refractivity contribution is -0.120. The van der Waals surface area contributed by atoms with E-state index in [1.807, 2.05) is 24.3 Å². The zero-order valence-electron chi connectivity index (χ0n) is 12.3. The molecule has 0 spiro atoms. The topological polar surface area (TPSA) is 41.1 Å². The minimum Gasteiger partial charge on any atom is -0.385 e. The summed E-state index contributed by atoms with van der Waals surface area (Å²) in [6.45, 7) is 1.43. The van der Waals surface area contributed by atoms with Gasteiger partial charge in [0, 0.05) is 29.7 Å². The van der Waals surface area contributed by atoms with Gasteiger partial charge in [0.05, 0.1) is 0 Å². The van der Waals surface area contributed by atoms with Crippen molar-refractivity contribution >= 4 is 27.5 Å². The summed E-state index contributed by atoms with van der Waals surface area (Å²) in [4.78, 5) is 11.8. The zero-order chi connectivity index (χ0) is 14.9. The third-order valence-electron chi connectivity index (χ3n) is 3.68. The zero-order valence-corrected chi connectivity index (χ0v) is 13.9. The van der Waals surface area contributed by atoms with Gasteiger partial charge in [-0.3, -0.25) is 4.79 Å². The van der Waals surface area contributed by atoms with Crippen LogP contribution in [0.4, 0.5) is 5.69 Å². The fourth-order valence-corrected chi connectivity index (χ4v) is 2.74. The number of halogens is 1. The second-order valence-electron chi connectivity index (χ2n) is 5.39. The number of hydrogen-bond acceptors (Lipinski definition) is 2. The highest BCUT2D eigenvalue weighted by molar-refractivity contribution is 9.10. The molecule has 0 saturated heterocycles. The number of allylic oxidation sites excluding steroid dienone is 1. The van der Waals surface area contributed by atoms with E-state index in [1.165, 1.54) is 31.3 Å². The summed E-state index contributed by atoms with van der Waals surface area (Å²) in [5.74, 6) is 0.121. The van der Waals surface area contributed by atoms with Crippen molar-refractivity contribution < 1.29 is 4.79 Å². The Morgan fingerprint density at radius 2 is 1.95 bits per heavy atom. The Hall–Kier alpha value is -1.29. The Morgan fingerprint density at radius 1 is 1.14 bits per heavy atom. The lowest BCUT2D eigenvalue weighted by Crippen LogP contribution is -2.26. The quantitative estimate of drug-likeness (QED) is 0.721. The molecule has 1 aliphatic carbocycles. The fourth-order valence-electron chi connectivity index (χ4n) is 2.47. The summed E-state index contributed by atoms with van der Waals surface area (Å²) in [5, 5.41) is 6.25. The molecule has 21 heavy (non-hydrogen) atoms. The van der Waals surface area contributed by atoms with Crippen molar-refractivity contribution in [3.63, 3.8) is 0 Å². The molecule has 0 bridgehead atoms. The van der Waals surface area contributed by atoms with E-state index < -0.39 is 0 Å². The number of amides is 1. The molecule has 0 unspecified atom stereocenters. The molecule has 2 N–H and O–H groups in total. The van der Waals surface area contributed by atoms with Crippen LogP contribution < -0.4 is 10.6 Å². The Labute approximate surface area is 135 Å². The highest BCUT2D eigenvalue weighted by atomic mass is 79.9. The maximum absolute atomic E-state index is 11.8. The van der Waals surface area contributed by atoms with Gasteiger partial charge in [-0.05, 0) is 56.4 Å². The van der Waals surface area contributed by atoms with Crippen LogP contribution in [0.5, 0.6) is 0 Å². The van der Waals surface area contributed by atoms with E-state index in [9.17, 15) is 4.79 Å². The smallest absolute Gasteiger partial charge is 0.221 e. The van der Waals surface area contributed by atoms with Crippen LogP contribution in [0, 0.1) is 0 Å². The van der Waals surface area contributed by atoms with Crippen molar-refractivity contribution in [1.29, 1.82) is 0 Å². The summed E-state index contributed by atoms with van der Waals surface area (Å²) in [7, 11) is 0. The molecule has 3 nitrogen and oxygen atoms in total. The molecule has 0 aromatic heterocycles. The molecule has 0 fully saturated rings. The van der Waals surface area contributed by atoms with Gasteiger partial charge in [0.25, 0.3) is 0 Å². The van der Waals surface area contributed by atoms with Gasteiger partial charge < -0.3 is 10.6 Å². The van der Waals surface area contributed by atoms with Gasteiger partial charge in [-0.15, -0.1) is 0 Å². The molecule has 0 radical (unpaired) electrons. The number of carbonyl (C=O) groups excluding carboxylic acids is 1. The van der Waals surface area contributed by atoms with Crippen molar-refractivity contribution in [3.8, 4) is 0 Å². The second kappa shape index (κ2) is 8.88. The van der Waals surface area contributed by atoms with E-state index >= 15 is 0 Å². The van der Waals surface area contributed by atoms with E-state index in [-0.39, 0.29) is 5.91 Å². The molecule has 0 heterocycles. The number of nitrogens with one attached hydrogen (secondary N) is 2. The van der Waals surface area contributed by atoms with Crippen LogP contribution in [0.3, 0.4) is 0 Å². The normalized spacial score (nSPS) is 14.4. The minimum absolute atomic E-state index is 0.121. The average molecular weight is 351 g/mol. The van der Waals surface area contributed by atoms with E-state index in [2.05, 4.69) is 32.6 Å². The molecular formula is C17H23BrN2O. The summed E-state index contributed by atoms with van der Waals surface area (Å²) in [5.41, 5.74) is 2.55. The van der Waals surface area contributed by atoms with Crippen LogP contribution in [0.2, 0.25) is 0 Å². The molecule has 114 valence electrons. The Morgan fingerprint density at radius 3 is 2.67 bits per heavy atom. The summed E-state index contributed by atoms with van der Waals surface area (Å²) >= 11 is 3.40. The number of anilines is 1. The Balaban J connectivity index is 1.57. The lowest BCUT2D eigenvalue weighted by atomic mass is 9.97. The van der Waals surface area contributed by atoms with Crippen molar-refractivity contribution in [2.24, 2.45) is 0 Å². The molecule has 4 heteroatoms. The minimum atomic E-state index is 0.121. The van der Waals surface area contributed by atoms with Crippen molar-refractivity contribution in [2.75, 3.05) is 18.4 Å². The highest BCUT2D eigenvalue weighted by Gasteiger charge is 2.05. The van der Waals surface area contributed by atoms with Gasteiger partial charge >= 0.3 is 0 Å². The molecule has 1 aromatic carbocycles. The van der Waals surface area contributed by atoms with Crippen molar-refractivity contribution in [2.45, 2.75) is 38.5 Å². The molecule has 1 aromatic rings. The highest BCUT2D eigenvalue weighted by Crippen LogP contribution is 2.19. The second-order valence-corrected chi connectivity index (χ2v) is 6.31. The number of carbonyl (C=O) groups is 1. The van der Waals surface area contributed by atoms with Gasteiger partial charge in [0.1, 0.15) is 0 Å². The van der Waals surface area contributed by atoms with E-state index in [0.717, 1.165) is 23.1 Å². The first-order valence-corrected chi connectivity index (χ1v) is 8.47. The predicted octanol–water partition coefficient (Wildman–Crippen LogP) is 4.26. The molecular weight excluding hydrogens is 328 g/mol. The van der Waals surface area contributed by atoms with Crippen LogP contribution in [-0.4, -0.2) is 19.0 Å². The monoisotopic (exact) mass is 350 g/mol. The van der Waals surface area contributed by atoms with Gasteiger partial charge in [0.15, 0.2) is 0 Å². The van der Waals surface area contributed by atoms with Crippen LogP contribution in [0.15, 0.2) is 40.4 Å². The molecule has 2 rings (SSSR count). The van der Waals surface area contributed by atoms with E-state index in [1.54, 1.807) is 0 Å².